The summed E-state index contributed by atoms with van der Waals surface area (Å²) in [5.41, 5.74) is 0.288. The van der Waals surface area contributed by atoms with Crippen LogP contribution in [0.2, 0.25) is 0 Å². The van der Waals surface area contributed by atoms with Crippen molar-refractivity contribution in [3.63, 3.8) is 0 Å². The minimum absolute atomic E-state index is 0.0246. The van der Waals surface area contributed by atoms with Crippen molar-refractivity contribution in [1.29, 1.82) is 0 Å². The third-order valence-corrected chi connectivity index (χ3v) is 3.31. The molecule has 1 aliphatic rings. The van der Waals surface area contributed by atoms with Gasteiger partial charge >= 0.3 is 5.97 Å². The van der Waals surface area contributed by atoms with Gasteiger partial charge in [-0.05, 0) is 19.1 Å². The van der Waals surface area contributed by atoms with Crippen LogP contribution < -0.4 is 5.32 Å². The molecule has 0 aliphatic carbocycles. The molecule has 20 heavy (non-hydrogen) atoms. The molecular formula is C13H17NO6. The highest BCUT2D eigenvalue weighted by Crippen LogP contribution is 2.24. The molecule has 1 saturated heterocycles. The third kappa shape index (κ3) is 2.75. The van der Waals surface area contributed by atoms with Gasteiger partial charge in [0.2, 0.25) is 0 Å². The Kier molecular flexibility index (Phi) is 4.24. The van der Waals surface area contributed by atoms with Gasteiger partial charge in [-0.1, -0.05) is 12.1 Å². The van der Waals surface area contributed by atoms with Crippen LogP contribution in [0.4, 0.5) is 5.69 Å². The van der Waals surface area contributed by atoms with Crippen LogP contribution in [-0.4, -0.2) is 57.0 Å². The highest BCUT2D eigenvalue weighted by molar-refractivity contribution is 5.94. The summed E-state index contributed by atoms with van der Waals surface area (Å²) in [5, 5.41) is 41.0. The Hall–Kier alpha value is -1.67. The van der Waals surface area contributed by atoms with Crippen molar-refractivity contribution < 1.29 is 30.0 Å². The Morgan fingerprint density at radius 1 is 1.15 bits per heavy atom. The standard InChI is InChI=1S/C13H17NO6/c1-6-9(15)10(16)11(17)12(20-6)14-8-5-3-2-4-7(8)13(18)19/h2-6,9-12,14-17H,1H3,(H,18,19)/t6-,9-,10+,11+,12-/m1/s1. The summed E-state index contributed by atoms with van der Waals surface area (Å²) in [7, 11) is 0. The van der Waals surface area contributed by atoms with Crippen molar-refractivity contribution in [1.82, 2.24) is 0 Å². The maximum atomic E-state index is 11.1. The van der Waals surface area contributed by atoms with Gasteiger partial charge < -0.3 is 30.5 Å². The number of rotatable bonds is 3. The van der Waals surface area contributed by atoms with E-state index in [9.17, 15) is 20.1 Å². The summed E-state index contributed by atoms with van der Waals surface area (Å²) >= 11 is 0. The normalized spacial score (nSPS) is 33.7. The summed E-state index contributed by atoms with van der Waals surface area (Å²) in [4.78, 5) is 11.1. The Morgan fingerprint density at radius 3 is 2.45 bits per heavy atom. The number of aromatic carboxylic acids is 1. The topological polar surface area (TPSA) is 119 Å². The Morgan fingerprint density at radius 2 is 1.80 bits per heavy atom. The summed E-state index contributed by atoms with van der Waals surface area (Å²) in [5.74, 6) is -1.12. The van der Waals surface area contributed by atoms with Crippen molar-refractivity contribution >= 4 is 11.7 Å². The Bertz CT molecular complexity index is 494. The highest BCUT2D eigenvalue weighted by Gasteiger charge is 2.41. The molecule has 5 atom stereocenters. The van der Waals surface area contributed by atoms with Crippen LogP contribution in [0, 0.1) is 0 Å². The van der Waals surface area contributed by atoms with E-state index in [1.54, 1.807) is 19.1 Å². The molecular weight excluding hydrogens is 266 g/mol. The van der Waals surface area contributed by atoms with E-state index in [-0.39, 0.29) is 11.3 Å². The number of ether oxygens (including phenoxy) is 1. The van der Waals surface area contributed by atoms with E-state index < -0.39 is 36.6 Å². The fourth-order valence-corrected chi connectivity index (χ4v) is 2.12. The SMILES string of the molecule is C[C@H]1O[C@@H](Nc2ccccc2C(=O)O)[C@@H](O)[C@@H](O)[C@@H]1O. The van der Waals surface area contributed by atoms with Crippen LogP contribution in [-0.2, 0) is 4.74 Å². The molecule has 1 fully saturated rings. The molecule has 7 heteroatoms. The van der Waals surface area contributed by atoms with Crippen molar-refractivity contribution in [3.8, 4) is 0 Å². The van der Waals surface area contributed by atoms with Crippen molar-refractivity contribution in [2.75, 3.05) is 5.32 Å². The Labute approximate surface area is 115 Å². The lowest BCUT2D eigenvalue weighted by atomic mass is 9.99. The number of hydrogen-bond acceptors (Lipinski definition) is 6. The first-order valence-corrected chi connectivity index (χ1v) is 6.20. The van der Waals surface area contributed by atoms with E-state index in [0.717, 1.165) is 0 Å². The average Bonchev–Trinajstić information content (AvgIpc) is 2.43. The maximum Gasteiger partial charge on any atom is 0.337 e. The lowest BCUT2D eigenvalue weighted by Gasteiger charge is -2.40. The number of carboxylic acids is 1. The van der Waals surface area contributed by atoms with Crippen LogP contribution >= 0.6 is 0 Å². The van der Waals surface area contributed by atoms with E-state index in [2.05, 4.69) is 5.32 Å². The van der Waals surface area contributed by atoms with Gasteiger partial charge in [0.05, 0.1) is 17.4 Å². The van der Waals surface area contributed by atoms with Gasteiger partial charge in [0.15, 0.2) is 6.23 Å². The van der Waals surface area contributed by atoms with Crippen molar-refractivity contribution in [2.24, 2.45) is 0 Å². The molecule has 0 aromatic heterocycles. The highest BCUT2D eigenvalue weighted by atomic mass is 16.5. The first kappa shape index (κ1) is 14.7. The van der Waals surface area contributed by atoms with Crippen LogP contribution in [0.15, 0.2) is 24.3 Å². The number of carboxylic acid groups (broad SMARTS) is 1. The van der Waals surface area contributed by atoms with Gasteiger partial charge in [0.1, 0.15) is 18.3 Å². The number of nitrogens with one attached hydrogen (secondary N) is 1. The summed E-state index contributed by atoms with van der Waals surface area (Å²) in [6.45, 7) is 1.55. The van der Waals surface area contributed by atoms with E-state index in [0.29, 0.717) is 0 Å². The molecule has 2 rings (SSSR count). The molecule has 0 saturated carbocycles. The molecule has 0 amide bonds. The zero-order valence-electron chi connectivity index (χ0n) is 10.8. The first-order valence-electron chi connectivity index (χ1n) is 6.20. The molecule has 0 radical (unpaired) electrons. The molecule has 0 bridgehead atoms. The molecule has 1 aromatic rings. The molecule has 5 N–H and O–H groups in total. The largest absolute Gasteiger partial charge is 0.478 e. The zero-order valence-corrected chi connectivity index (χ0v) is 10.8. The molecule has 7 nitrogen and oxygen atoms in total. The molecule has 110 valence electrons. The van der Waals surface area contributed by atoms with Crippen LogP contribution in [0.1, 0.15) is 17.3 Å². The summed E-state index contributed by atoms with van der Waals surface area (Å²) in [6, 6.07) is 6.16. The summed E-state index contributed by atoms with van der Waals surface area (Å²) < 4.78 is 5.36. The molecule has 0 spiro atoms. The fourth-order valence-electron chi connectivity index (χ4n) is 2.12. The fraction of sp³-hybridized carbons (Fsp3) is 0.462. The number of carbonyl (C=O) groups is 1. The van der Waals surface area contributed by atoms with Crippen LogP contribution in [0.5, 0.6) is 0 Å². The lowest BCUT2D eigenvalue weighted by Crippen LogP contribution is -2.58. The minimum atomic E-state index is -1.37. The average molecular weight is 283 g/mol. The molecule has 1 heterocycles. The predicted molar refractivity (Wildman–Crippen MR) is 69.4 cm³/mol. The third-order valence-electron chi connectivity index (χ3n) is 3.31. The number of hydrogen-bond donors (Lipinski definition) is 5. The smallest absolute Gasteiger partial charge is 0.337 e. The van der Waals surface area contributed by atoms with Gasteiger partial charge in [0, 0.05) is 0 Å². The second kappa shape index (κ2) is 5.76. The van der Waals surface area contributed by atoms with Crippen molar-refractivity contribution in [2.45, 2.75) is 37.6 Å². The number of aliphatic hydroxyl groups is 3. The monoisotopic (exact) mass is 283 g/mol. The number of anilines is 1. The second-order valence-corrected chi connectivity index (χ2v) is 4.73. The van der Waals surface area contributed by atoms with Gasteiger partial charge in [-0.15, -0.1) is 0 Å². The van der Waals surface area contributed by atoms with Crippen molar-refractivity contribution in [3.05, 3.63) is 29.8 Å². The number of benzene rings is 1. The number of para-hydroxylation sites is 1. The second-order valence-electron chi connectivity index (χ2n) is 4.73. The molecule has 1 aromatic carbocycles. The van der Waals surface area contributed by atoms with Crippen LogP contribution in [0.3, 0.4) is 0 Å². The summed E-state index contributed by atoms with van der Waals surface area (Å²) in [6.07, 6.45) is -5.64. The van der Waals surface area contributed by atoms with Gasteiger partial charge in [-0.25, -0.2) is 4.79 Å². The quantitative estimate of drug-likeness (QED) is 0.513. The van der Waals surface area contributed by atoms with Gasteiger partial charge in [-0.2, -0.15) is 0 Å². The van der Waals surface area contributed by atoms with E-state index in [1.807, 2.05) is 0 Å². The predicted octanol–water partition coefficient (Wildman–Crippen LogP) is -0.376. The van der Waals surface area contributed by atoms with Crippen LogP contribution in [0.25, 0.3) is 0 Å². The van der Waals surface area contributed by atoms with Gasteiger partial charge in [-0.3, -0.25) is 0 Å². The van der Waals surface area contributed by atoms with Gasteiger partial charge in [0.25, 0.3) is 0 Å². The van der Waals surface area contributed by atoms with E-state index in [4.69, 9.17) is 9.84 Å². The Balaban J connectivity index is 2.20. The lowest BCUT2D eigenvalue weighted by molar-refractivity contribution is -0.209. The molecule has 1 aliphatic heterocycles. The minimum Gasteiger partial charge on any atom is -0.478 e. The first-order chi connectivity index (χ1) is 9.41. The van der Waals surface area contributed by atoms with E-state index >= 15 is 0 Å². The van der Waals surface area contributed by atoms with E-state index in [1.165, 1.54) is 12.1 Å². The molecule has 0 unspecified atom stereocenters. The number of aliphatic hydroxyl groups excluding tert-OH is 3. The maximum absolute atomic E-state index is 11.1. The zero-order chi connectivity index (χ0) is 14.9.